The first-order chi connectivity index (χ1) is 8.88. The van der Waals surface area contributed by atoms with E-state index in [-0.39, 0.29) is 0 Å². The van der Waals surface area contributed by atoms with Gasteiger partial charge in [0, 0.05) is 31.4 Å². The molecule has 0 bridgehead atoms. The maximum absolute atomic E-state index is 4.33. The van der Waals surface area contributed by atoms with Crippen LogP contribution in [0.25, 0.3) is 0 Å². The summed E-state index contributed by atoms with van der Waals surface area (Å²) >= 11 is 0. The van der Waals surface area contributed by atoms with Gasteiger partial charge in [0.05, 0.1) is 0 Å². The molecular formula is C15H17N3. The van der Waals surface area contributed by atoms with Gasteiger partial charge >= 0.3 is 0 Å². The molecule has 1 heterocycles. The Bertz CT molecular complexity index is 556. The molecule has 0 spiro atoms. The Labute approximate surface area is 107 Å². The van der Waals surface area contributed by atoms with Crippen LogP contribution in [0.3, 0.4) is 0 Å². The van der Waals surface area contributed by atoms with Crippen LogP contribution in [-0.2, 0) is 13.0 Å². The molecule has 0 fully saturated rings. The van der Waals surface area contributed by atoms with Crippen molar-refractivity contribution in [2.75, 3.05) is 11.9 Å². The molecule has 1 atom stereocenters. The van der Waals surface area contributed by atoms with Crippen LogP contribution < -0.4 is 5.32 Å². The number of hydrogen-bond acceptors (Lipinski definition) is 2. The number of imidazole rings is 1. The molecule has 0 saturated heterocycles. The molecule has 3 heteroatoms. The van der Waals surface area contributed by atoms with Crippen molar-refractivity contribution < 1.29 is 0 Å². The number of benzene rings is 1. The van der Waals surface area contributed by atoms with E-state index < -0.39 is 0 Å². The van der Waals surface area contributed by atoms with Gasteiger partial charge in [-0.2, -0.15) is 0 Å². The fourth-order valence-electron chi connectivity index (χ4n) is 2.55. The van der Waals surface area contributed by atoms with Crippen LogP contribution in [0.4, 0.5) is 5.95 Å². The van der Waals surface area contributed by atoms with Gasteiger partial charge in [-0.05, 0) is 17.5 Å². The summed E-state index contributed by atoms with van der Waals surface area (Å²) in [6.45, 7) is 5.45. The average molecular weight is 239 g/mol. The maximum Gasteiger partial charge on any atom is 0.203 e. The van der Waals surface area contributed by atoms with Crippen molar-refractivity contribution in [3.63, 3.8) is 0 Å². The van der Waals surface area contributed by atoms with E-state index in [1.54, 1.807) is 0 Å². The minimum absolute atomic E-state index is 0.625. The first-order valence-electron chi connectivity index (χ1n) is 6.32. The number of hydrogen-bond donors (Lipinski definition) is 1. The molecule has 18 heavy (non-hydrogen) atoms. The fourth-order valence-corrected chi connectivity index (χ4v) is 2.55. The van der Waals surface area contributed by atoms with E-state index in [2.05, 4.69) is 45.7 Å². The van der Waals surface area contributed by atoms with Crippen LogP contribution in [0.1, 0.15) is 17.0 Å². The molecule has 1 aromatic carbocycles. The van der Waals surface area contributed by atoms with Gasteiger partial charge in [0.1, 0.15) is 0 Å². The Morgan fingerprint density at radius 2 is 2.33 bits per heavy atom. The van der Waals surface area contributed by atoms with Crippen LogP contribution in [-0.4, -0.2) is 16.1 Å². The van der Waals surface area contributed by atoms with Gasteiger partial charge in [-0.3, -0.25) is 0 Å². The second-order valence-corrected chi connectivity index (χ2v) is 4.67. The Hall–Kier alpha value is -2.03. The van der Waals surface area contributed by atoms with Crippen molar-refractivity contribution in [2.45, 2.75) is 18.9 Å². The lowest BCUT2D eigenvalue weighted by molar-refractivity contribution is 0.512. The summed E-state index contributed by atoms with van der Waals surface area (Å²) in [5, 5.41) is 3.25. The molecule has 0 aliphatic heterocycles. The van der Waals surface area contributed by atoms with Crippen molar-refractivity contribution in [1.82, 2.24) is 9.55 Å². The summed E-state index contributed by atoms with van der Waals surface area (Å²) in [7, 11) is 0. The van der Waals surface area contributed by atoms with Crippen LogP contribution in [0.5, 0.6) is 0 Å². The number of anilines is 1. The lowest BCUT2D eigenvalue weighted by Gasteiger charge is -2.30. The third-order valence-electron chi connectivity index (χ3n) is 3.50. The molecule has 1 N–H and O–H groups in total. The SMILES string of the molecule is C=CCNc1nccn1CC1Cc2ccccc21. The normalized spacial score (nSPS) is 16.8. The van der Waals surface area contributed by atoms with Gasteiger partial charge in [0.2, 0.25) is 5.95 Å². The van der Waals surface area contributed by atoms with E-state index in [0.717, 1.165) is 19.0 Å². The number of nitrogens with one attached hydrogen (secondary N) is 1. The van der Waals surface area contributed by atoms with Gasteiger partial charge in [0.15, 0.2) is 0 Å². The molecule has 1 aliphatic rings. The maximum atomic E-state index is 4.33. The van der Waals surface area contributed by atoms with E-state index in [4.69, 9.17) is 0 Å². The van der Waals surface area contributed by atoms with Crippen molar-refractivity contribution in [3.8, 4) is 0 Å². The Kier molecular flexibility index (Phi) is 2.89. The van der Waals surface area contributed by atoms with E-state index in [9.17, 15) is 0 Å². The zero-order chi connectivity index (χ0) is 12.4. The van der Waals surface area contributed by atoms with Gasteiger partial charge < -0.3 is 9.88 Å². The standard InChI is InChI=1S/C15H17N3/c1-2-7-16-15-17-8-9-18(15)11-13-10-12-5-3-4-6-14(12)13/h2-6,8-9,13H,1,7,10-11H2,(H,16,17). The first-order valence-corrected chi connectivity index (χ1v) is 6.32. The van der Waals surface area contributed by atoms with Crippen molar-refractivity contribution in [3.05, 3.63) is 60.4 Å². The minimum atomic E-state index is 0.625. The lowest BCUT2D eigenvalue weighted by atomic mass is 9.77. The zero-order valence-electron chi connectivity index (χ0n) is 10.3. The third-order valence-corrected chi connectivity index (χ3v) is 3.50. The highest BCUT2D eigenvalue weighted by Crippen LogP contribution is 2.36. The second-order valence-electron chi connectivity index (χ2n) is 4.67. The van der Waals surface area contributed by atoms with Crippen LogP contribution >= 0.6 is 0 Å². The summed E-state index contributed by atoms with van der Waals surface area (Å²) < 4.78 is 2.18. The van der Waals surface area contributed by atoms with Crippen molar-refractivity contribution in [1.29, 1.82) is 0 Å². The summed E-state index contributed by atoms with van der Waals surface area (Å²) in [5.41, 5.74) is 2.98. The highest BCUT2D eigenvalue weighted by molar-refractivity contribution is 5.40. The highest BCUT2D eigenvalue weighted by atomic mass is 15.2. The zero-order valence-corrected chi connectivity index (χ0v) is 10.3. The molecule has 3 nitrogen and oxygen atoms in total. The Morgan fingerprint density at radius 1 is 1.44 bits per heavy atom. The molecule has 0 radical (unpaired) electrons. The van der Waals surface area contributed by atoms with E-state index in [1.165, 1.54) is 17.5 Å². The van der Waals surface area contributed by atoms with E-state index >= 15 is 0 Å². The fraction of sp³-hybridized carbons (Fsp3) is 0.267. The highest BCUT2D eigenvalue weighted by Gasteiger charge is 2.25. The summed E-state index contributed by atoms with van der Waals surface area (Å²) in [6, 6.07) is 8.69. The number of fused-ring (bicyclic) bond motifs is 1. The molecular weight excluding hydrogens is 222 g/mol. The second kappa shape index (κ2) is 4.69. The molecule has 1 unspecified atom stereocenters. The first kappa shape index (κ1) is 11.1. The van der Waals surface area contributed by atoms with E-state index in [0.29, 0.717) is 5.92 Å². The third kappa shape index (κ3) is 1.92. The number of aromatic nitrogens is 2. The van der Waals surface area contributed by atoms with E-state index in [1.807, 2.05) is 18.5 Å². The lowest BCUT2D eigenvalue weighted by Crippen LogP contribution is -2.22. The molecule has 1 aromatic heterocycles. The predicted molar refractivity (Wildman–Crippen MR) is 73.8 cm³/mol. The summed E-state index contributed by atoms with van der Waals surface area (Å²) in [4.78, 5) is 4.33. The topological polar surface area (TPSA) is 29.9 Å². The van der Waals surface area contributed by atoms with Gasteiger partial charge in [0.25, 0.3) is 0 Å². The van der Waals surface area contributed by atoms with Gasteiger partial charge in [-0.25, -0.2) is 4.98 Å². The number of nitrogens with zero attached hydrogens (tertiary/aromatic N) is 2. The largest absolute Gasteiger partial charge is 0.352 e. The predicted octanol–water partition coefficient (Wildman–Crippen LogP) is 2.82. The molecule has 0 amide bonds. The summed E-state index contributed by atoms with van der Waals surface area (Å²) in [5.74, 6) is 1.55. The van der Waals surface area contributed by atoms with Crippen LogP contribution in [0.15, 0.2) is 49.3 Å². The smallest absolute Gasteiger partial charge is 0.203 e. The minimum Gasteiger partial charge on any atom is -0.352 e. The molecule has 0 saturated carbocycles. The molecule has 2 aromatic rings. The molecule has 92 valence electrons. The summed E-state index contributed by atoms with van der Waals surface area (Å²) in [6.07, 6.45) is 6.90. The van der Waals surface area contributed by atoms with Crippen molar-refractivity contribution in [2.24, 2.45) is 0 Å². The van der Waals surface area contributed by atoms with Crippen LogP contribution in [0.2, 0.25) is 0 Å². The average Bonchev–Trinajstić information content (AvgIpc) is 2.81. The van der Waals surface area contributed by atoms with Gasteiger partial charge in [-0.15, -0.1) is 6.58 Å². The quantitative estimate of drug-likeness (QED) is 0.813. The molecule has 3 rings (SSSR count). The molecule has 1 aliphatic carbocycles. The Balaban J connectivity index is 1.71. The van der Waals surface area contributed by atoms with Crippen molar-refractivity contribution >= 4 is 5.95 Å². The van der Waals surface area contributed by atoms with Gasteiger partial charge in [-0.1, -0.05) is 30.3 Å². The Morgan fingerprint density at radius 3 is 3.17 bits per heavy atom. The number of rotatable bonds is 5. The monoisotopic (exact) mass is 239 g/mol. The van der Waals surface area contributed by atoms with Crippen LogP contribution in [0, 0.1) is 0 Å².